The molecule has 0 aliphatic heterocycles. The molecule has 0 spiro atoms. The first kappa shape index (κ1) is 12.0. The molecule has 2 aliphatic rings. The summed E-state index contributed by atoms with van der Waals surface area (Å²) in [5.41, 5.74) is 8.77. The molecule has 0 radical (unpaired) electrons. The summed E-state index contributed by atoms with van der Waals surface area (Å²) in [6, 6.07) is 6.71. The first-order valence-corrected chi connectivity index (χ1v) is 7.27. The summed E-state index contributed by atoms with van der Waals surface area (Å²) in [5.74, 6) is 1.86. The fourth-order valence-electron chi connectivity index (χ4n) is 3.38. The molecule has 18 heavy (non-hydrogen) atoms. The highest BCUT2D eigenvalue weighted by Crippen LogP contribution is 2.33. The van der Waals surface area contributed by atoms with Crippen molar-refractivity contribution in [3.63, 3.8) is 0 Å². The van der Waals surface area contributed by atoms with Gasteiger partial charge < -0.3 is 10.5 Å². The van der Waals surface area contributed by atoms with Crippen molar-refractivity contribution in [2.75, 3.05) is 0 Å². The zero-order valence-electron chi connectivity index (χ0n) is 11.2. The molecule has 98 valence electrons. The molecule has 2 nitrogen and oxygen atoms in total. The van der Waals surface area contributed by atoms with Gasteiger partial charge in [-0.2, -0.15) is 0 Å². The summed E-state index contributed by atoms with van der Waals surface area (Å²) in [6.07, 6.45) is 7.69. The van der Waals surface area contributed by atoms with Crippen molar-refractivity contribution in [2.24, 2.45) is 11.7 Å². The second-order valence-corrected chi connectivity index (χ2v) is 6.02. The van der Waals surface area contributed by atoms with E-state index in [-0.39, 0.29) is 6.04 Å². The molecule has 2 aliphatic carbocycles. The Morgan fingerprint density at radius 2 is 2.11 bits per heavy atom. The molecular formula is C16H23NO. The summed E-state index contributed by atoms with van der Waals surface area (Å²) in [6.45, 7) is 2.33. The number of hydrogen-bond donors (Lipinski definition) is 1. The Morgan fingerprint density at radius 3 is 2.94 bits per heavy atom. The number of fused-ring (bicyclic) bond motifs is 1. The maximum atomic E-state index is 6.15. The maximum Gasteiger partial charge on any atom is 0.120 e. The van der Waals surface area contributed by atoms with Crippen LogP contribution in [0.5, 0.6) is 5.75 Å². The van der Waals surface area contributed by atoms with Crippen LogP contribution in [0, 0.1) is 5.92 Å². The first-order chi connectivity index (χ1) is 8.72. The van der Waals surface area contributed by atoms with E-state index in [1.807, 2.05) is 0 Å². The third kappa shape index (κ3) is 2.39. The van der Waals surface area contributed by atoms with E-state index < -0.39 is 0 Å². The Kier molecular flexibility index (Phi) is 3.29. The van der Waals surface area contributed by atoms with Crippen molar-refractivity contribution < 1.29 is 4.74 Å². The van der Waals surface area contributed by atoms with E-state index >= 15 is 0 Å². The summed E-state index contributed by atoms with van der Waals surface area (Å²) < 4.78 is 6.15. The largest absolute Gasteiger partial charge is 0.490 e. The summed E-state index contributed by atoms with van der Waals surface area (Å²) in [7, 11) is 0. The van der Waals surface area contributed by atoms with Crippen LogP contribution in [0.15, 0.2) is 18.2 Å². The van der Waals surface area contributed by atoms with Gasteiger partial charge in [0, 0.05) is 6.04 Å². The minimum atomic E-state index is 0.240. The van der Waals surface area contributed by atoms with Gasteiger partial charge in [0.25, 0.3) is 0 Å². The van der Waals surface area contributed by atoms with Crippen molar-refractivity contribution in [1.29, 1.82) is 0 Å². The average Bonchev–Trinajstić information content (AvgIpc) is 2.71. The van der Waals surface area contributed by atoms with Gasteiger partial charge in [0.15, 0.2) is 0 Å². The van der Waals surface area contributed by atoms with Crippen LogP contribution in [0.3, 0.4) is 0 Å². The van der Waals surface area contributed by atoms with Crippen LogP contribution in [0.4, 0.5) is 0 Å². The normalized spacial score (nSPS) is 31.1. The minimum Gasteiger partial charge on any atom is -0.490 e. The number of benzene rings is 1. The quantitative estimate of drug-likeness (QED) is 0.864. The van der Waals surface area contributed by atoms with Gasteiger partial charge in [-0.25, -0.2) is 0 Å². The van der Waals surface area contributed by atoms with E-state index in [2.05, 4.69) is 25.1 Å². The molecule has 1 aromatic rings. The van der Waals surface area contributed by atoms with Gasteiger partial charge >= 0.3 is 0 Å². The summed E-state index contributed by atoms with van der Waals surface area (Å²) in [5, 5.41) is 0. The lowest BCUT2D eigenvalue weighted by atomic mass is 9.89. The Bertz CT molecular complexity index is 429. The zero-order chi connectivity index (χ0) is 12.5. The van der Waals surface area contributed by atoms with Crippen LogP contribution in [-0.4, -0.2) is 6.10 Å². The molecule has 1 fully saturated rings. The van der Waals surface area contributed by atoms with E-state index in [0.29, 0.717) is 6.10 Å². The van der Waals surface area contributed by atoms with Crippen LogP contribution < -0.4 is 10.5 Å². The second-order valence-electron chi connectivity index (χ2n) is 6.02. The fraction of sp³-hybridized carbons (Fsp3) is 0.625. The number of rotatable bonds is 2. The van der Waals surface area contributed by atoms with Gasteiger partial charge in [0.05, 0.1) is 6.10 Å². The van der Waals surface area contributed by atoms with Gasteiger partial charge in [0.2, 0.25) is 0 Å². The number of nitrogens with two attached hydrogens (primary N) is 1. The van der Waals surface area contributed by atoms with E-state index in [0.717, 1.165) is 24.5 Å². The monoisotopic (exact) mass is 245 g/mol. The Labute approximate surface area is 110 Å². The number of ether oxygens (including phenoxy) is 1. The van der Waals surface area contributed by atoms with Gasteiger partial charge in [-0.1, -0.05) is 19.4 Å². The van der Waals surface area contributed by atoms with E-state index in [1.54, 1.807) is 0 Å². The summed E-state index contributed by atoms with van der Waals surface area (Å²) >= 11 is 0. The van der Waals surface area contributed by atoms with Crippen molar-refractivity contribution in [1.82, 2.24) is 0 Å². The van der Waals surface area contributed by atoms with Crippen LogP contribution in [0.25, 0.3) is 0 Å². The van der Waals surface area contributed by atoms with Gasteiger partial charge in [0.1, 0.15) is 5.75 Å². The Hall–Kier alpha value is -1.02. The molecular weight excluding hydrogens is 222 g/mol. The molecule has 0 bridgehead atoms. The average molecular weight is 245 g/mol. The number of hydrogen-bond acceptors (Lipinski definition) is 2. The molecule has 0 saturated heterocycles. The minimum absolute atomic E-state index is 0.240. The SMILES string of the molecule is CC1CCCC(Oc2ccc3c(c2)CC[C@@H]3N)C1. The highest BCUT2D eigenvalue weighted by Gasteiger charge is 2.22. The van der Waals surface area contributed by atoms with Crippen LogP contribution in [0.1, 0.15) is 56.2 Å². The predicted octanol–water partition coefficient (Wildman–Crippen LogP) is 3.59. The maximum absolute atomic E-state index is 6.15. The molecule has 2 heteroatoms. The number of aryl methyl sites for hydroxylation is 1. The van der Waals surface area contributed by atoms with Gasteiger partial charge in [-0.15, -0.1) is 0 Å². The van der Waals surface area contributed by atoms with E-state index in [1.165, 1.54) is 36.8 Å². The Morgan fingerprint density at radius 1 is 1.22 bits per heavy atom. The lowest BCUT2D eigenvalue weighted by Gasteiger charge is -2.27. The molecule has 0 aromatic heterocycles. The fourth-order valence-corrected chi connectivity index (χ4v) is 3.38. The molecule has 0 amide bonds. The van der Waals surface area contributed by atoms with Crippen LogP contribution in [-0.2, 0) is 6.42 Å². The van der Waals surface area contributed by atoms with Crippen molar-refractivity contribution in [3.05, 3.63) is 29.3 Å². The molecule has 1 saturated carbocycles. The van der Waals surface area contributed by atoms with Gasteiger partial charge in [-0.05, 0) is 61.3 Å². The third-order valence-corrected chi connectivity index (χ3v) is 4.43. The van der Waals surface area contributed by atoms with Crippen molar-refractivity contribution in [2.45, 2.75) is 57.6 Å². The molecule has 3 rings (SSSR count). The predicted molar refractivity (Wildman–Crippen MR) is 73.7 cm³/mol. The molecule has 2 N–H and O–H groups in total. The highest BCUT2D eigenvalue weighted by molar-refractivity contribution is 5.40. The van der Waals surface area contributed by atoms with Crippen LogP contribution >= 0.6 is 0 Å². The highest BCUT2D eigenvalue weighted by atomic mass is 16.5. The van der Waals surface area contributed by atoms with Crippen molar-refractivity contribution in [3.8, 4) is 5.75 Å². The topological polar surface area (TPSA) is 35.2 Å². The molecule has 3 atom stereocenters. The van der Waals surface area contributed by atoms with E-state index in [9.17, 15) is 0 Å². The zero-order valence-corrected chi connectivity index (χ0v) is 11.2. The van der Waals surface area contributed by atoms with Gasteiger partial charge in [-0.3, -0.25) is 0 Å². The molecule has 1 aromatic carbocycles. The smallest absolute Gasteiger partial charge is 0.120 e. The van der Waals surface area contributed by atoms with E-state index in [4.69, 9.17) is 10.5 Å². The second kappa shape index (κ2) is 4.93. The molecule has 0 heterocycles. The summed E-state index contributed by atoms with van der Waals surface area (Å²) in [4.78, 5) is 0. The first-order valence-electron chi connectivity index (χ1n) is 7.27. The lowest BCUT2D eigenvalue weighted by molar-refractivity contribution is 0.129. The van der Waals surface area contributed by atoms with Crippen LogP contribution in [0.2, 0.25) is 0 Å². The van der Waals surface area contributed by atoms with Crippen molar-refractivity contribution >= 4 is 0 Å². The Balaban J connectivity index is 1.70. The standard InChI is InChI=1S/C16H23NO/c1-11-3-2-4-13(9-11)18-14-6-7-15-12(10-14)5-8-16(15)17/h6-7,10-11,13,16H,2-5,8-9,17H2,1H3/t11?,13?,16-/m0/s1. The third-order valence-electron chi connectivity index (χ3n) is 4.43. The molecule has 2 unspecified atom stereocenters. The lowest BCUT2D eigenvalue weighted by Crippen LogP contribution is -2.24.